The van der Waals surface area contributed by atoms with Gasteiger partial charge in [0.1, 0.15) is 18.0 Å². The largest absolute Gasteiger partial charge is 0.494 e. The molecule has 2 aromatic carbocycles. The molecule has 9 nitrogen and oxygen atoms in total. The molecule has 1 heterocycles. The Labute approximate surface area is 221 Å². The zero-order chi connectivity index (χ0) is 24.8. The summed E-state index contributed by atoms with van der Waals surface area (Å²) in [5, 5.41) is 11.0. The lowest BCUT2D eigenvalue weighted by atomic mass is 10.2. The van der Waals surface area contributed by atoms with Crippen LogP contribution in [-0.2, 0) is 14.4 Å². The average Bonchev–Trinajstić information content (AvgIpc) is 3.01. The molecule has 34 heavy (non-hydrogen) atoms. The third-order valence-electron chi connectivity index (χ3n) is 4.29. The summed E-state index contributed by atoms with van der Waals surface area (Å²) in [6.45, 7) is 1.35. The lowest BCUT2D eigenvalue weighted by molar-refractivity contribution is -0.139. The first kappa shape index (κ1) is 26.0. The van der Waals surface area contributed by atoms with E-state index in [0.717, 1.165) is 8.47 Å². The van der Waals surface area contributed by atoms with Crippen molar-refractivity contribution in [2.75, 3.05) is 25.1 Å². The number of rotatable bonds is 9. The molecule has 1 aliphatic rings. The Bertz CT molecular complexity index is 1170. The number of nitrogens with one attached hydrogen (secondary N) is 1. The second-order valence-corrected chi connectivity index (χ2v) is 9.85. The molecular weight excluding hydrogens is 643 g/mol. The van der Waals surface area contributed by atoms with Crippen LogP contribution in [0.25, 0.3) is 6.08 Å². The Morgan fingerprint density at radius 2 is 1.91 bits per heavy atom. The highest BCUT2D eigenvalue weighted by atomic mass is 127. The van der Waals surface area contributed by atoms with E-state index in [4.69, 9.17) is 14.6 Å². The minimum absolute atomic E-state index is 0.0907. The van der Waals surface area contributed by atoms with Crippen LogP contribution < -0.4 is 14.8 Å². The van der Waals surface area contributed by atoms with E-state index in [1.807, 2.05) is 6.92 Å². The first-order chi connectivity index (χ1) is 16.2. The van der Waals surface area contributed by atoms with Crippen molar-refractivity contribution < 1.29 is 33.8 Å². The first-order valence-electron chi connectivity index (χ1n) is 9.79. The average molecular weight is 661 g/mol. The normalized spacial score (nSPS) is 14.4. The molecule has 3 rings (SSSR count). The van der Waals surface area contributed by atoms with Gasteiger partial charge < -0.3 is 19.9 Å². The summed E-state index contributed by atoms with van der Waals surface area (Å²) >= 11 is 6.08. The van der Waals surface area contributed by atoms with Crippen molar-refractivity contribution in [1.29, 1.82) is 0 Å². The number of thioether (sulfide) groups is 1. The molecule has 0 unspecified atom stereocenters. The van der Waals surface area contributed by atoms with Gasteiger partial charge in [-0.25, -0.2) is 4.79 Å². The van der Waals surface area contributed by atoms with Gasteiger partial charge in [-0.05, 0) is 99.7 Å². The van der Waals surface area contributed by atoms with Crippen LogP contribution in [0.1, 0.15) is 12.5 Å². The number of benzene rings is 2. The number of imide groups is 1. The minimum atomic E-state index is -1.16. The number of nitrogens with zero attached hydrogens (tertiary/aromatic N) is 1. The summed E-state index contributed by atoms with van der Waals surface area (Å²) in [7, 11) is 0. The van der Waals surface area contributed by atoms with E-state index in [2.05, 4.69) is 43.8 Å². The molecule has 2 N–H and O–H groups in total. The molecule has 1 saturated heterocycles. The van der Waals surface area contributed by atoms with E-state index >= 15 is 0 Å². The van der Waals surface area contributed by atoms with E-state index in [0.29, 0.717) is 39.8 Å². The van der Waals surface area contributed by atoms with Crippen molar-refractivity contribution in [3.05, 3.63) is 54.9 Å². The topological polar surface area (TPSA) is 122 Å². The molecule has 0 radical (unpaired) electrons. The maximum atomic E-state index is 12.8. The lowest BCUT2D eigenvalue weighted by Gasteiger charge is -2.13. The van der Waals surface area contributed by atoms with Crippen LogP contribution in [0.15, 0.2) is 45.8 Å². The first-order valence-corrected chi connectivity index (χ1v) is 12.5. The van der Waals surface area contributed by atoms with Crippen molar-refractivity contribution in [3.8, 4) is 11.5 Å². The molecule has 0 spiro atoms. The third kappa shape index (κ3) is 6.73. The van der Waals surface area contributed by atoms with Crippen molar-refractivity contribution in [2.24, 2.45) is 0 Å². The molecule has 0 aromatic heterocycles. The number of anilines is 1. The molecule has 3 amide bonds. The van der Waals surface area contributed by atoms with Crippen LogP contribution in [0, 0.1) is 3.57 Å². The Morgan fingerprint density at radius 3 is 2.56 bits per heavy atom. The van der Waals surface area contributed by atoms with Crippen LogP contribution in [0.5, 0.6) is 11.5 Å². The quantitative estimate of drug-likeness (QED) is 0.296. The van der Waals surface area contributed by atoms with Gasteiger partial charge in [-0.2, -0.15) is 0 Å². The predicted octanol–water partition coefficient (Wildman–Crippen LogP) is 4.59. The zero-order valence-electron chi connectivity index (χ0n) is 17.7. The Balaban J connectivity index is 1.74. The number of aliphatic carboxylic acids is 1. The summed E-state index contributed by atoms with van der Waals surface area (Å²) < 4.78 is 12.0. The molecule has 0 atom stereocenters. The number of carbonyl (C=O) groups excluding carboxylic acids is 3. The van der Waals surface area contributed by atoms with Gasteiger partial charge in [0.2, 0.25) is 5.91 Å². The Hall–Kier alpha value is -2.58. The number of ether oxygens (including phenoxy) is 2. The van der Waals surface area contributed by atoms with E-state index in [1.54, 1.807) is 36.4 Å². The van der Waals surface area contributed by atoms with E-state index in [1.165, 1.54) is 6.08 Å². The number of carbonyl (C=O) groups is 4. The van der Waals surface area contributed by atoms with Gasteiger partial charge in [-0.15, -0.1) is 0 Å². The summed E-state index contributed by atoms with van der Waals surface area (Å²) in [6.07, 6.45) is 1.44. The summed E-state index contributed by atoms with van der Waals surface area (Å²) in [5.41, 5.74) is 0.921. The van der Waals surface area contributed by atoms with Gasteiger partial charge in [0.05, 0.1) is 16.0 Å². The maximum Gasteiger partial charge on any atom is 0.341 e. The van der Waals surface area contributed by atoms with Gasteiger partial charge in [0, 0.05) is 14.8 Å². The Morgan fingerprint density at radius 1 is 1.21 bits per heavy atom. The summed E-state index contributed by atoms with van der Waals surface area (Å²) in [5.74, 6) is -1.44. The number of carboxylic acid groups (broad SMARTS) is 1. The number of halogens is 2. The standard InChI is InChI=1S/C22H18BrIN2O7S/c1-2-32-15-5-3-14(4-6-15)25-18(27)10-26-21(30)17(34-22(26)31)8-12-7-13(24)9-16(23)20(12)33-11-19(28)29/h3-9H,2,10-11H2,1H3,(H,25,27)(H,28,29)/b17-8+. The number of hydrogen-bond donors (Lipinski definition) is 2. The third-order valence-corrected chi connectivity index (χ3v) is 6.41. The number of amides is 3. The number of carboxylic acids is 1. The second kappa shape index (κ2) is 11.7. The fraction of sp³-hybridized carbons (Fsp3) is 0.182. The van der Waals surface area contributed by atoms with Crippen LogP contribution >= 0.6 is 50.3 Å². The number of hydrogen-bond acceptors (Lipinski definition) is 7. The highest BCUT2D eigenvalue weighted by molar-refractivity contribution is 14.1. The van der Waals surface area contributed by atoms with Gasteiger partial charge in [0.15, 0.2) is 6.61 Å². The van der Waals surface area contributed by atoms with Crippen molar-refractivity contribution in [2.45, 2.75) is 6.92 Å². The van der Waals surface area contributed by atoms with E-state index in [-0.39, 0.29) is 10.7 Å². The summed E-state index contributed by atoms with van der Waals surface area (Å²) in [6, 6.07) is 10.1. The molecular formula is C22H18BrIN2O7S. The molecule has 1 fully saturated rings. The van der Waals surface area contributed by atoms with Gasteiger partial charge in [-0.3, -0.25) is 19.3 Å². The molecule has 178 valence electrons. The fourth-order valence-electron chi connectivity index (χ4n) is 2.90. The zero-order valence-corrected chi connectivity index (χ0v) is 22.2. The maximum absolute atomic E-state index is 12.8. The molecule has 0 saturated carbocycles. The SMILES string of the molecule is CCOc1ccc(NC(=O)CN2C(=O)S/C(=C/c3cc(I)cc(Br)c3OCC(=O)O)C2=O)cc1. The molecule has 0 bridgehead atoms. The Kier molecular flexibility index (Phi) is 8.97. The fourth-order valence-corrected chi connectivity index (χ4v) is 5.39. The lowest BCUT2D eigenvalue weighted by Crippen LogP contribution is -2.36. The van der Waals surface area contributed by atoms with Crippen molar-refractivity contribution in [1.82, 2.24) is 4.90 Å². The highest BCUT2D eigenvalue weighted by Crippen LogP contribution is 2.37. The highest BCUT2D eigenvalue weighted by Gasteiger charge is 2.36. The van der Waals surface area contributed by atoms with E-state index < -0.39 is 36.2 Å². The van der Waals surface area contributed by atoms with Gasteiger partial charge in [-0.1, -0.05) is 0 Å². The predicted molar refractivity (Wildman–Crippen MR) is 139 cm³/mol. The second-order valence-electron chi connectivity index (χ2n) is 6.76. The smallest absolute Gasteiger partial charge is 0.341 e. The van der Waals surface area contributed by atoms with Crippen LogP contribution in [0.2, 0.25) is 0 Å². The van der Waals surface area contributed by atoms with Crippen molar-refractivity contribution >= 4 is 85.1 Å². The van der Waals surface area contributed by atoms with Crippen molar-refractivity contribution in [3.63, 3.8) is 0 Å². The monoisotopic (exact) mass is 660 g/mol. The van der Waals surface area contributed by atoms with Crippen LogP contribution in [0.3, 0.4) is 0 Å². The summed E-state index contributed by atoms with van der Waals surface area (Å²) in [4.78, 5) is 49.6. The van der Waals surface area contributed by atoms with Crippen LogP contribution in [0.4, 0.5) is 10.5 Å². The van der Waals surface area contributed by atoms with Gasteiger partial charge in [0.25, 0.3) is 11.1 Å². The van der Waals surface area contributed by atoms with Gasteiger partial charge >= 0.3 is 5.97 Å². The van der Waals surface area contributed by atoms with E-state index in [9.17, 15) is 19.2 Å². The molecule has 1 aliphatic heterocycles. The molecule has 0 aliphatic carbocycles. The molecule has 2 aromatic rings. The minimum Gasteiger partial charge on any atom is -0.494 e. The van der Waals surface area contributed by atoms with Crippen LogP contribution in [-0.4, -0.2) is 52.8 Å². The molecule has 12 heteroatoms.